The van der Waals surface area contributed by atoms with Crippen LogP contribution in [0.15, 0.2) is 97.1 Å². The lowest BCUT2D eigenvalue weighted by atomic mass is 9.80. The third kappa shape index (κ3) is 4.30. The van der Waals surface area contributed by atoms with E-state index in [1.807, 2.05) is 97.1 Å². The molecule has 4 aromatic carbocycles. The van der Waals surface area contributed by atoms with E-state index in [2.05, 4.69) is 16.7 Å². The summed E-state index contributed by atoms with van der Waals surface area (Å²) in [6, 6.07) is 31.5. The first-order valence-corrected chi connectivity index (χ1v) is 12.9. The predicted octanol–water partition coefficient (Wildman–Crippen LogP) is 4.65. The van der Waals surface area contributed by atoms with Crippen LogP contribution in [0.25, 0.3) is 10.8 Å². The number of likely N-dealkylation sites (tertiary alicyclic amines) is 1. The summed E-state index contributed by atoms with van der Waals surface area (Å²) in [5.41, 5.74) is 1.88. The molecule has 0 aliphatic carbocycles. The Morgan fingerprint density at radius 1 is 0.974 bits per heavy atom. The molecule has 0 aromatic heterocycles. The van der Waals surface area contributed by atoms with Gasteiger partial charge < -0.3 is 15.5 Å². The summed E-state index contributed by atoms with van der Waals surface area (Å²) in [4.78, 5) is 42.4. The molecule has 2 aliphatic rings. The number of para-hydroxylation sites is 1. The zero-order chi connectivity index (χ0) is 27.0. The minimum Gasteiger partial charge on any atom is -0.325 e. The number of nitrogens with one attached hydrogen (secondary N) is 2. The van der Waals surface area contributed by atoms with Crippen LogP contribution in [0.2, 0.25) is 0 Å². The molecule has 1 fully saturated rings. The van der Waals surface area contributed by atoms with Gasteiger partial charge in [-0.2, -0.15) is 5.26 Å². The molecule has 2 N–H and O–H groups in total. The SMILES string of the molecule is N#C[C@@H]1C[C@@]2(CN1C(=O)C(Cc1ccccc1)C(=O)Nc1ccc3ccccc3c1)C(=O)Nc1ccccc12. The third-order valence-corrected chi connectivity index (χ3v) is 7.83. The lowest BCUT2D eigenvalue weighted by molar-refractivity contribution is -0.140. The minimum atomic E-state index is -1.08. The van der Waals surface area contributed by atoms with Crippen LogP contribution in [-0.2, 0) is 26.2 Å². The predicted molar refractivity (Wildman–Crippen MR) is 149 cm³/mol. The highest BCUT2D eigenvalue weighted by atomic mass is 16.2. The van der Waals surface area contributed by atoms with E-state index < -0.39 is 29.2 Å². The van der Waals surface area contributed by atoms with Crippen molar-refractivity contribution in [3.05, 3.63) is 108 Å². The monoisotopic (exact) mass is 514 g/mol. The van der Waals surface area contributed by atoms with Crippen LogP contribution >= 0.6 is 0 Å². The quantitative estimate of drug-likeness (QED) is 0.379. The number of benzene rings is 4. The molecular formula is C32H26N4O3. The maximum absolute atomic E-state index is 14.1. The van der Waals surface area contributed by atoms with Crippen molar-refractivity contribution >= 4 is 39.9 Å². The van der Waals surface area contributed by atoms with Gasteiger partial charge in [-0.25, -0.2) is 0 Å². The Labute approximate surface area is 226 Å². The van der Waals surface area contributed by atoms with Crippen LogP contribution in [0.1, 0.15) is 17.5 Å². The highest BCUT2D eigenvalue weighted by molar-refractivity contribution is 6.10. The Morgan fingerprint density at radius 3 is 2.49 bits per heavy atom. The molecule has 2 heterocycles. The van der Waals surface area contributed by atoms with Crippen molar-refractivity contribution in [2.45, 2.75) is 24.3 Å². The third-order valence-electron chi connectivity index (χ3n) is 7.83. The van der Waals surface area contributed by atoms with Gasteiger partial charge in [0, 0.05) is 24.3 Å². The molecule has 0 saturated carbocycles. The largest absolute Gasteiger partial charge is 0.325 e. The lowest BCUT2D eigenvalue weighted by Crippen LogP contribution is -2.46. The average Bonchev–Trinajstić information content (AvgIpc) is 3.49. The van der Waals surface area contributed by atoms with Gasteiger partial charge in [-0.15, -0.1) is 0 Å². The van der Waals surface area contributed by atoms with Crippen molar-refractivity contribution in [2.24, 2.45) is 5.92 Å². The molecule has 3 amide bonds. The number of nitriles is 1. The Morgan fingerprint density at radius 2 is 1.69 bits per heavy atom. The van der Waals surface area contributed by atoms with Crippen LogP contribution in [0.3, 0.4) is 0 Å². The molecule has 7 heteroatoms. The highest BCUT2D eigenvalue weighted by Gasteiger charge is 2.56. The van der Waals surface area contributed by atoms with Crippen LogP contribution in [0, 0.1) is 17.2 Å². The molecule has 3 atom stereocenters. The summed E-state index contributed by atoms with van der Waals surface area (Å²) in [6.45, 7) is 0.0431. The number of anilines is 2. The van der Waals surface area contributed by atoms with Crippen LogP contribution in [0.5, 0.6) is 0 Å². The first-order valence-electron chi connectivity index (χ1n) is 12.9. The fourth-order valence-electron chi connectivity index (χ4n) is 5.82. The maximum atomic E-state index is 14.1. The summed E-state index contributed by atoms with van der Waals surface area (Å²) in [7, 11) is 0. The molecule has 39 heavy (non-hydrogen) atoms. The number of nitrogens with zero attached hydrogens (tertiary/aromatic N) is 2. The van der Waals surface area contributed by atoms with E-state index >= 15 is 0 Å². The first kappa shape index (κ1) is 24.4. The van der Waals surface area contributed by atoms with E-state index in [-0.39, 0.29) is 25.3 Å². The summed E-state index contributed by atoms with van der Waals surface area (Å²) in [6.07, 6.45) is 0.353. The number of amides is 3. The Bertz CT molecular complexity index is 1640. The topological polar surface area (TPSA) is 102 Å². The number of carbonyl (C=O) groups is 3. The second-order valence-corrected chi connectivity index (χ2v) is 10.2. The smallest absolute Gasteiger partial charge is 0.237 e. The second-order valence-electron chi connectivity index (χ2n) is 10.2. The van der Waals surface area contributed by atoms with E-state index in [1.54, 1.807) is 0 Å². The molecule has 1 spiro atoms. The van der Waals surface area contributed by atoms with Gasteiger partial charge in [0.25, 0.3) is 0 Å². The molecule has 1 unspecified atom stereocenters. The van der Waals surface area contributed by atoms with Gasteiger partial charge in [0.05, 0.1) is 11.5 Å². The summed E-state index contributed by atoms with van der Waals surface area (Å²) in [5.74, 6) is -2.21. The zero-order valence-corrected chi connectivity index (χ0v) is 21.1. The number of rotatable bonds is 5. The van der Waals surface area contributed by atoms with Gasteiger partial charge in [0.1, 0.15) is 12.0 Å². The number of fused-ring (bicyclic) bond motifs is 3. The van der Waals surface area contributed by atoms with Gasteiger partial charge in [-0.3, -0.25) is 14.4 Å². The number of hydrogen-bond acceptors (Lipinski definition) is 4. The van der Waals surface area contributed by atoms with Crippen molar-refractivity contribution in [1.82, 2.24) is 4.90 Å². The van der Waals surface area contributed by atoms with Crippen molar-refractivity contribution in [3.8, 4) is 6.07 Å². The molecule has 6 rings (SSSR count). The van der Waals surface area contributed by atoms with Crippen LogP contribution in [0.4, 0.5) is 11.4 Å². The Hall–Kier alpha value is -4.96. The average molecular weight is 515 g/mol. The highest BCUT2D eigenvalue weighted by Crippen LogP contribution is 2.46. The van der Waals surface area contributed by atoms with Gasteiger partial charge >= 0.3 is 0 Å². The standard InChI is InChI=1S/C32H26N4O3/c33-19-25-18-32(27-12-6-7-13-28(27)35-31(32)39)20-36(25)30(38)26(16-21-8-2-1-3-9-21)29(37)34-24-15-14-22-10-4-5-11-23(22)17-24/h1-15,17,25-26H,16,18,20H2,(H,34,37)(H,35,39)/t25-,26?,32-/m0/s1. The zero-order valence-electron chi connectivity index (χ0n) is 21.1. The number of carbonyl (C=O) groups excluding carboxylic acids is 3. The van der Waals surface area contributed by atoms with Crippen molar-refractivity contribution < 1.29 is 14.4 Å². The van der Waals surface area contributed by atoms with E-state index in [0.717, 1.165) is 21.9 Å². The van der Waals surface area contributed by atoms with Crippen molar-refractivity contribution in [1.29, 1.82) is 5.26 Å². The Balaban J connectivity index is 1.32. The molecule has 7 nitrogen and oxygen atoms in total. The van der Waals surface area contributed by atoms with E-state index in [0.29, 0.717) is 11.4 Å². The first-order chi connectivity index (χ1) is 19.0. The molecule has 0 radical (unpaired) electrons. The Kier molecular flexibility index (Phi) is 6.08. The fraction of sp³-hybridized carbons (Fsp3) is 0.188. The second kappa shape index (κ2) is 9.73. The van der Waals surface area contributed by atoms with Crippen molar-refractivity contribution in [3.63, 3.8) is 0 Å². The minimum absolute atomic E-state index is 0.0431. The van der Waals surface area contributed by atoms with Gasteiger partial charge in [0.15, 0.2) is 0 Å². The summed E-state index contributed by atoms with van der Waals surface area (Å²) < 4.78 is 0. The van der Waals surface area contributed by atoms with Crippen LogP contribution < -0.4 is 10.6 Å². The molecule has 0 bridgehead atoms. The normalized spacial score (nSPS) is 20.3. The fourth-order valence-corrected chi connectivity index (χ4v) is 5.82. The molecule has 1 saturated heterocycles. The molecule has 2 aliphatic heterocycles. The van der Waals surface area contributed by atoms with Gasteiger partial charge in [-0.1, -0.05) is 78.9 Å². The van der Waals surface area contributed by atoms with Crippen molar-refractivity contribution in [2.75, 3.05) is 17.2 Å². The van der Waals surface area contributed by atoms with Gasteiger partial charge in [0.2, 0.25) is 17.7 Å². The lowest BCUT2D eigenvalue weighted by Gasteiger charge is -2.26. The molecule has 192 valence electrons. The molecule has 4 aromatic rings. The summed E-state index contributed by atoms with van der Waals surface area (Å²) >= 11 is 0. The summed E-state index contributed by atoms with van der Waals surface area (Å²) in [5, 5.41) is 17.9. The maximum Gasteiger partial charge on any atom is 0.237 e. The molecular weight excluding hydrogens is 488 g/mol. The van der Waals surface area contributed by atoms with Crippen LogP contribution in [-0.4, -0.2) is 35.2 Å². The van der Waals surface area contributed by atoms with Gasteiger partial charge in [-0.05, 0) is 46.5 Å². The van der Waals surface area contributed by atoms with E-state index in [4.69, 9.17) is 0 Å². The number of hydrogen-bond donors (Lipinski definition) is 2. The van der Waals surface area contributed by atoms with E-state index in [9.17, 15) is 19.6 Å². The van der Waals surface area contributed by atoms with E-state index in [1.165, 1.54) is 4.90 Å².